The number of rotatable bonds is 2. The molecule has 1 aliphatic carbocycles. The van der Waals surface area contributed by atoms with Gasteiger partial charge in [-0.3, -0.25) is 9.89 Å². The maximum absolute atomic E-state index is 11.7. The molecule has 2 unspecified atom stereocenters. The normalized spacial score (nSPS) is 26.2. The lowest BCUT2D eigenvalue weighted by molar-refractivity contribution is 0.0930. The number of halogens is 1. The van der Waals surface area contributed by atoms with Crippen LogP contribution >= 0.6 is 15.9 Å². The first-order chi connectivity index (χ1) is 7.27. The summed E-state index contributed by atoms with van der Waals surface area (Å²) in [4.78, 5) is 12.1. The van der Waals surface area contributed by atoms with Gasteiger partial charge < -0.3 is 5.32 Å². The average molecular weight is 272 g/mol. The Bertz CT molecular complexity index is 325. The summed E-state index contributed by atoms with van der Waals surface area (Å²) in [5.41, 5.74) is 0.597. The van der Waals surface area contributed by atoms with E-state index >= 15 is 0 Å². The van der Waals surface area contributed by atoms with Crippen molar-refractivity contribution in [2.45, 2.75) is 36.6 Å². The van der Waals surface area contributed by atoms with Crippen molar-refractivity contribution in [1.29, 1.82) is 0 Å². The van der Waals surface area contributed by atoms with Crippen molar-refractivity contribution >= 4 is 21.8 Å². The molecular formula is C10H14BrN3O. The lowest BCUT2D eigenvalue weighted by Crippen LogP contribution is -2.42. The predicted octanol–water partition coefficient (Wildman–Crippen LogP) is 1.85. The first kappa shape index (κ1) is 10.7. The van der Waals surface area contributed by atoms with Gasteiger partial charge in [-0.15, -0.1) is 0 Å². The number of alkyl halides is 1. The summed E-state index contributed by atoms with van der Waals surface area (Å²) in [6, 6.07) is 0.251. The third-order valence-electron chi connectivity index (χ3n) is 2.76. The van der Waals surface area contributed by atoms with Crippen molar-refractivity contribution in [1.82, 2.24) is 15.5 Å². The number of carbonyl (C=O) groups excluding carboxylic acids is 1. The number of aromatic amines is 1. The molecule has 5 heteroatoms. The SMILES string of the molecule is O=C(NC1CCCCC1Br)c1cn[nH]c1. The number of amides is 1. The van der Waals surface area contributed by atoms with Gasteiger partial charge in [0.25, 0.3) is 5.91 Å². The summed E-state index contributed by atoms with van der Waals surface area (Å²) in [5, 5.41) is 9.42. The van der Waals surface area contributed by atoms with Crippen molar-refractivity contribution in [3.05, 3.63) is 18.0 Å². The highest BCUT2D eigenvalue weighted by Crippen LogP contribution is 2.24. The minimum atomic E-state index is -0.0416. The monoisotopic (exact) mass is 271 g/mol. The fourth-order valence-electron chi connectivity index (χ4n) is 1.87. The second kappa shape index (κ2) is 4.79. The summed E-state index contributed by atoms with van der Waals surface area (Å²) >= 11 is 3.61. The van der Waals surface area contributed by atoms with E-state index in [4.69, 9.17) is 0 Å². The molecule has 0 saturated heterocycles. The fourth-order valence-corrected chi connectivity index (χ4v) is 2.60. The van der Waals surface area contributed by atoms with E-state index in [1.807, 2.05) is 0 Å². The molecule has 2 atom stereocenters. The quantitative estimate of drug-likeness (QED) is 0.807. The van der Waals surface area contributed by atoms with Crippen LogP contribution in [0.1, 0.15) is 36.0 Å². The molecule has 0 aliphatic heterocycles. The smallest absolute Gasteiger partial charge is 0.254 e. The Hall–Kier alpha value is -0.840. The molecule has 1 heterocycles. The molecule has 1 aromatic rings. The number of carbonyl (C=O) groups is 1. The van der Waals surface area contributed by atoms with Crippen molar-refractivity contribution in [3.8, 4) is 0 Å². The molecule has 4 nitrogen and oxygen atoms in total. The molecule has 2 rings (SSSR count). The standard InChI is InChI=1S/C10H14BrN3O/c11-8-3-1-2-4-9(8)14-10(15)7-5-12-13-6-7/h5-6,8-9H,1-4H2,(H,12,13)(H,14,15). The zero-order valence-corrected chi connectivity index (χ0v) is 9.96. The van der Waals surface area contributed by atoms with Crippen molar-refractivity contribution < 1.29 is 4.79 Å². The van der Waals surface area contributed by atoms with E-state index in [0.717, 1.165) is 12.8 Å². The maximum atomic E-state index is 11.7. The first-order valence-corrected chi connectivity index (χ1v) is 6.12. The van der Waals surface area contributed by atoms with Crippen LogP contribution < -0.4 is 5.32 Å². The van der Waals surface area contributed by atoms with Crippen LogP contribution in [0.15, 0.2) is 12.4 Å². The van der Waals surface area contributed by atoms with Gasteiger partial charge in [-0.05, 0) is 12.8 Å². The molecule has 0 bridgehead atoms. The fraction of sp³-hybridized carbons (Fsp3) is 0.600. The molecule has 1 fully saturated rings. The van der Waals surface area contributed by atoms with E-state index < -0.39 is 0 Å². The van der Waals surface area contributed by atoms with Gasteiger partial charge in [-0.1, -0.05) is 28.8 Å². The molecular weight excluding hydrogens is 258 g/mol. The molecule has 0 aromatic carbocycles. The Kier molecular flexibility index (Phi) is 3.41. The Morgan fingerprint density at radius 1 is 1.53 bits per heavy atom. The van der Waals surface area contributed by atoms with E-state index in [1.165, 1.54) is 12.8 Å². The second-order valence-electron chi connectivity index (χ2n) is 3.87. The van der Waals surface area contributed by atoms with Gasteiger partial charge in [0.2, 0.25) is 0 Å². The highest BCUT2D eigenvalue weighted by atomic mass is 79.9. The van der Waals surface area contributed by atoms with Crippen molar-refractivity contribution in [2.24, 2.45) is 0 Å². The number of nitrogens with one attached hydrogen (secondary N) is 2. The molecule has 0 radical (unpaired) electrons. The Balaban J connectivity index is 1.93. The minimum Gasteiger partial charge on any atom is -0.348 e. The topological polar surface area (TPSA) is 57.8 Å². The van der Waals surface area contributed by atoms with Crippen molar-refractivity contribution in [3.63, 3.8) is 0 Å². The number of hydrogen-bond donors (Lipinski definition) is 2. The molecule has 1 aromatic heterocycles. The van der Waals surface area contributed by atoms with E-state index in [1.54, 1.807) is 12.4 Å². The van der Waals surface area contributed by atoms with Gasteiger partial charge in [0.05, 0.1) is 11.8 Å². The van der Waals surface area contributed by atoms with Crippen LogP contribution in [0, 0.1) is 0 Å². The zero-order valence-electron chi connectivity index (χ0n) is 8.37. The first-order valence-electron chi connectivity index (χ1n) is 5.21. The van der Waals surface area contributed by atoms with E-state index in [0.29, 0.717) is 10.4 Å². The molecule has 1 amide bonds. The summed E-state index contributed by atoms with van der Waals surface area (Å²) in [6.45, 7) is 0. The van der Waals surface area contributed by atoms with Crippen LogP contribution in [0.2, 0.25) is 0 Å². The predicted molar refractivity (Wildman–Crippen MR) is 61.0 cm³/mol. The van der Waals surface area contributed by atoms with Crippen LogP contribution in [-0.4, -0.2) is 27.0 Å². The van der Waals surface area contributed by atoms with Gasteiger partial charge in [-0.2, -0.15) is 5.10 Å². The highest BCUT2D eigenvalue weighted by Gasteiger charge is 2.24. The lowest BCUT2D eigenvalue weighted by Gasteiger charge is -2.27. The molecule has 0 spiro atoms. The molecule has 1 saturated carbocycles. The summed E-state index contributed by atoms with van der Waals surface area (Å²) in [5.74, 6) is -0.0416. The molecule has 15 heavy (non-hydrogen) atoms. The zero-order chi connectivity index (χ0) is 10.7. The van der Waals surface area contributed by atoms with E-state index in [9.17, 15) is 4.79 Å². The highest BCUT2D eigenvalue weighted by molar-refractivity contribution is 9.09. The van der Waals surface area contributed by atoms with Crippen LogP contribution in [-0.2, 0) is 0 Å². The molecule has 82 valence electrons. The Morgan fingerprint density at radius 2 is 2.33 bits per heavy atom. The van der Waals surface area contributed by atoms with Gasteiger partial charge >= 0.3 is 0 Å². The van der Waals surface area contributed by atoms with Crippen LogP contribution in [0.3, 0.4) is 0 Å². The summed E-state index contributed by atoms with van der Waals surface area (Å²) < 4.78 is 0. The van der Waals surface area contributed by atoms with E-state index in [2.05, 4.69) is 31.4 Å². The largest absolute Gasteiger partial charge is 0.348 e. The molecule has 2 N–H and O–H groups in total. The van der Waals surface area contributed by atoms with Crippen LogP contribution in [0.4, 0.5) is 0 Å². The number of nitrogens with zero attached hydrogens (tertiary/aromatic N) is 1. The minimum absolute atomic E-state index is 0.0416. The van der Waals surface area contributed by atoms with Crippen LogP contribution in [0.25, 0.3) is 0 Å². The third kappa shape index (κ3) is 2.59. The Morgan fingerprint density at radius 3 is 3.00 bits per heavy atom. The van der Waals surface area contributed by atoms with Gasteiger partial charge in [0, 0.05) is 17.1 Å². The number of H-pyrrole nitrogens is 1. The summed E-state index contributed by atoms with van der Waals surface area (Å²) in [7, 11) is 0. The third-order valence-corrected chi connectivity index (χ3v) is 3.85. The van der Waals surface area contributed by atoms with Gasteiger partial charge in [0.15, 0.2) is 0 Å². The number of hydrogen-bond acceptors (Lipinski definition) is 2. The lowest BCUT2D eigenvalue weighted by atomic mass is 9.95. The molecule has 1 aliphatic rings. The van der Waals surface area contributed by atoms with Gasteiger partial charge in [0.1, 0.15) is 0 Å². The summed E-state index contributed by atoms with van der Waals surface area (Å²) in [6.07, 6.45) is 7.78. The Labute approximate surface area is 97.0 Å². The van der Waals surface area contributed by atoms with Crippen molar-refractivity contribution in [2.75, 3.05) is 0 Å². The van der Waals surface area contributed by atoms with E-state index in [-0.39, 0.29) is 11.9 Å². The maximum Gasteiger partial charge on any atom is 0.254 e. The van der Waals surface area contributed by atoms with Gasteiger partial charge in [-0.25, -0.2) is 0 Å². The average Bonchev–Trinajstić information content (AvgIpc) is 2.74. The second-order valence-corrected chi connectivity index (χ2v) is 5.04. The van der Waals surface area contributed by atoms with Crippen LogP contribution in [0.5, 0.6) is 0 Å². The number of aromatic nitrogens is 2.